The zero-order valence-corrected chi connectivity index (χ0v) is 38.5. The highest BCUT2D eigenvalue weighted by molar-refractivity contribution is 5.74. The minimum Gasteiger partial charge on any atom is -0.458 e. The normalized spacial score (nSPS) is 37.5. The molecule has 16 heteroatoms. The fraction of sp³-hybridized carbons (Fsp3) is 0.660. The van der Waals surface area contributed by atoms with Gasteiger partial charge in [0.15, 0.2) is 11.9 Å². The molecule has 16 nitrogen and oxygen atoms in total. The van der Waals surface area contributed by atoms with Crippen molar-refractivity contribution >= 4 is 18.2 Å². The minimum absolute atomic E-state index is 0.0898. The van der Waals surface area contributed by atoms with E-state index in [1.807, 2.05) is 84.0 Å². The van der Waals surface area contributed by atoms with Gasteiger partial charge in [0, 0.05) is 30.0 Å². The number of likely N-dealkylation sites (N-methyl/N-ethyl adjacent to an activating group) is 1. The predicted octanol–water partition coefficient (Wildman–Crippen LogP) is 6.17. The smallest absolute Gasteiger partial charge is 0.408 e. The van der Waals surface area contributed by atoms with Crippen LogP contribution >= 0.6 is 0 Å². The van der Waals surface area contributed by atoms with Gasteiger partial charge in [-0.2, -0.15) is 0 Å². The van der Waals surface area contributed by atoms with E-state index in [2.05, 4.69) is 29.1 Å². The Morgan fingerprint density at radius 3 is 2.49 bits per heavy atom. The number of cyclic esters (lactones) is 1. The van der Waals surface area contributed by atoms with Crippen molar-refractivity contribution in [2.75, 3.05) is 33.9 Å². The molecule has 4 aliphatic heterocycles. The molecule has 3 unspecified atom stereocenters. The van der Waals surface area contributed by atoms with E-state index in [1.165, 1.54) is 6.26 Å². The van der Waals surface area contributed by atoms with E-state index in [0.717, 1.165) is 16.7 Å². The molecule has 3 N–H and O–H groups in total. The van der Waals surface area contributed by atoms with Gasteiger partial charge in [-0.3, -0.25) is 4.79 Å². The third kappa shape index (κ3) is 10.8. The molecule has 348 valence electrons. The van der Waals surface area contributed by atoms with E-state index < -0.39 is 83.9 Å². The van der Waals surface area contributed by atoms with Gasteiger partial charge < -0.3 is 58.2 Å². The van der Waals surface area contributed by atoms with Crippen LogP contribution < -0.4 is 10.6 Å². The summed E-state index contributed by atoms with van der Waals surface area (Å²) in [5.74, 6) is -2.06. The molecule has 0 spiro atoms. The fourth-order valence-electron chi connectivity index (χ4n) is 10.1. The molecule has 0 aliphatic carbocycles. The number of hydrogen-bond donors (Lipinski definition) is 3. The number of fused-ring (bicyclic) bond motifs is 4. The number of esters is 1. The van der Waals surface area contributed by atoms with Gasteiger partial charge in [-0.1, -0.05) is 52.0 Å². The Labute approximate surface area is 371 Å². The number of hydrogen-bond acceptors (Lipinski definition) is 14. The van der Waals surface area contributed by atoms with Crippen LogP contribution in [0.25, 0.3) is 11.5 Å². The van der Waals surface area contributed by atoms with E-state index >= 15 is 0 Å². The van der Waals surface area contributed by atoms with Gasteiger partial charge in [-0.25, -0.2) is 14.6 Å². The topological polar surface area (TPSA) is 189 Å². The summed E-state index contributed by atoms with van der Waals surface area (Å²) in [7, 11) is 3.84. The number of benzene rings is 1. The number of amides is 2. The summed E-state index contributed by atoms with van der Waals surface area (Å²) < 4.78 is 50.3. The molecular formula is C47H68N4O12. The number of rotatable bonds is 9. The van der Waals surface area contributed by atoms with Crippen molar-refractivity contribution < 1.29 is 57.1 Å². The molecule has 4 fully saturated rings. The molecule has 2 amide bonds. The van der Waals surface area contributed by atoms with Crippen molar-refractivity contribution in [3.8, 4) is 11.5 Å². The van der Waals surface area contributed by atoms with Gasteiger partial charge in [0.25, 0.3) is 0 Å². The van der Waals surface area contributed by atoms with Crippen molar-refractivity contribution in [3.05, 3.63) is 66.1 Å². The van der Waals surface area contributed by atoms with Gasteiger partial charge in [0.1, 0.15) is 25.1 Å². The van der Waals surface area contributed by atoms with Crippen LogP contribution in [0.15, 0.2) is 64.9 Å². The lowest BCUT2D eigenvalue weighted by atomic mass is 9.71. The number of ether oxygens (including phenoxy) is 7. The van der Waals surface area contributed by atoms with E-state index in [0.29, 0.717) is 30.7 Å². The highest BCUT2D eigenvalue weighted by atomic mass is 16.7. The first-order chi connectivity index (χ1) is 29.8. The van der Waals surface area contributed by atoms with Crippen LogP contribution in [0.4, 0.5) is 9.59 Å². The maximum absolute atomic E-state index is 14.4. The standard InChI is InChI=1S/C47H68N4O12/c1-12-36-47(9)39(50-45(55)63-47)29(5)34(17-19-57-44(54)49-23-32-13-15-33(16-14-32)41-48-18-20-56-41)27(3)22-46(8)40(62-43-37(52)35(51(10)11)21-28(4)60-43)30(6)38(31(7)42(53)61-36)58-24-26(2)25-59-46/h13-18,20,27-31,35-40,43,52H,2,12,19,21-25H2,1,3-11H3,(H,49,54)(H,50,55)/b34-17+/t27-,28-,29+,30+,31-,35+,36-,37-,38?,39?,40-,43?,46-,47-/m1/s1. The highest BCUT2D eigenvalue weighted by Crippen LogP contribution is 2.44. The first kappa shape index (κ1) is 48.1. The Balaban J connectivity index is 1.35. The summed E-state index contributed by atoms with van der Waals surface area (Å²) >= 11 is 0. The second kappa shape index (κ2) is 20.2. The molecule has 5 heterocycles. The molecule has 0 radical (unpaired) electrons. The fourth-order valence-corrected chi connectivity index (χ4v) is 10.1. The number of aliphatic hydroxyl groups excluding tert-OH is 1. The first-order valence-corrected chi connectivity index (χ1v) is 22.2. The number of nitrogens with zero attached hydrogens (tertiary/aromatic N) is 2. The van der Waals surface area contributed by atoms with Crippen LogP contribution in [0.3, 0.4) is 0 Å². The highest BCUT2D eigenvalue weighted by Gasteiger charge is 2.57. The summed E-state index contributed by atoms with van der Waals surface area (Å²) in [5.41, 5.74) is 0.807. The van der Waals surface area contributed by atoms with Crippen LogP contribution in [0.5, 0.6) is 0 Å². The van der Waals surface area contributed by atoms with Crippen LogP contribution in [-0.4, -0.2) is 127 Å². The van der Waals surface area contributed by atoms with Gasteiger partial charge >= 0.3 is 18.2 Å². The molecule has 2 aromatic rings. The van der Waals surface area contributed by atoms with Gasteiger partial charge in [-0.05, 0) is 96.3 Å². The number of alkyl carbamates (subject to hydrolysis) is 2. The van der Waals surface area contributed by atoms with Crippen LogP contribution in [0.2, 0.25) is 0 Å². The lowest BCUT2D eigenvalue weighted by Gasteiger charge is -2.49. The Morgan fingerprint density at radius 2 is 1.83 bits per heavy atom. The third-order valence-corrected chi connectivity index (χ3v) is 13.5. The SMILES string of the molecule is C=C1COC2[C@@H](C)C(=O)O[C@H](CC)[C@@]3(C)OC(=O)NC3[C@@H](C)/C(=C/COC(=O)NCc3ccc(-c4ncco4)cc3)[C@H](C)C[C@@](C)(OC1)[C@H](OC1O[C@H](C)C[C@H](N(C)C)[C@H]1O)[C@H]2C. The Bertz CT molecular complexity index is 1920. The summed E-state index contributed by atoms with van der Waals surface area (Å²) in [5, 5.41) is 17.6. The molecule has 4 aliphatic rings. The van der Waals surface area contributed by atoms with E-state index in [9.17, 15) is 19.5 Å². The molecule has 1 aromatic heterocycles. The Hall–Kier alpha value is -4.32. The van der Waals surface area contributed by atoms with Crippen molar-refractivity contribution in [3.63, 3.8) is 0 Å². The van der Waals surface area contributed by atoms with Crippen LogP contribution in [0, 0.1) is 23.7 Å². The second-order valence-corrected chi connectivity index (χ2v) is 18.5. The second-order valence-electron chi connectivity index (χ2n) is 18.5. The molecular weight excluding hydrogens is 813 g/mol. The maximum Gasteiger partial charge on any atom is 0.408 e. The maximum atomic E-state index is 14.4. The minimum atomic E-state index is -1.27. The number of nitrogens with one attached hydrogen (secondary N) is 2. The quantitative estimate of drug-likeness (QED) is 0.147. The van der Waals surface area contributed by atoms with Crippen molar-refractivity contribution in [2.24, 2.45) is 23.7 Å². The lowest BCUT2D eigenvalue weighted by Crippen LogP contribution is -2.60. The van der Waals surface area contributed by atoms with Crippen LogP contribution in [0.1, 0.15) is 80.2 Å². The number of oxazole rings is 1. The number of carbonyl (C=O) groups excluding carboxylic acids is 3. The zero-order valence-electron chi connectivity index (χ0n) is 38.5. The van der Waals surface area contributed by atoms with Gasteiger partial charge in [0.2, 0.25) is 5.89 Å². The number of carbonyl (C=O) groups is 3. The summed E-state index contributed by atoms with van der Waals surface area (Å²) in [6, 6.07) is 6.59. The van der Waals surface area contributed by atoms with Gasteiger partial charge in [-0.15, -0.1) is 0 Å². The predicted molar refractivity (Wildman–Crippen MR) is 232 cm³/mol. The van der Waals surface area contributed by atoms with Gasteiger partial charge in [0.05, 0.1) is 55.3 Å². The van der Waals surface area contributed by atoms with E-state index in [-0.39, 0.29) is 44.4 Å². The van der Waals surface area contributed by atoms with Crippen molar-refractivity contribution in [1.29, 1.82) is 0 Å². The molecule has 63 heavy (non-hydrogen) atoms. The van der Waals surface area contributed by atoms with Crippen molar-refractivity contribution in [1.82, 2.24) is 20.5 Å². The average molecular weight is 881 g/mol. The summed E-state index contributed by atoms with van der Waals surface area (Å²) in [4.78, 5) is 46.9. The first-order valence-electron chi connectivity index (χ1n) is 22.2. The Morgan fingerprint density at radius 1 is 1.10 bits per heavy atom. The van der Waals surface area contributed by atoms with E-state index in [1.54, 1.807) is 20.0 Å². The molecule has 6 rings (SSSR count). The lowest BCUT2D eigenvalue weighted by molar-refractivity contribution is -0.302. The molecule has 4 saturated heterocycles. The molecule has 2 bridgehead atoms. The number of aliphatic hydroxyl groups is 1. The molecule has 1 aromatic carbocycles. The summed E-state index contributed by atoms with van der Waals surface area (Å²) in [6.45, 7) is 20.0. The third-order valence-electron chi connectivity index (χ3n) is 13.5. The zero-order chi connectivity index (χ0) is 45.8. The molecule has 0 saturated carbocycles. The largest absolute Gasteiger partial charge is 0.458 e. The number of aromatic nitrogens is 1. The monoisotopic (exact) mass is 880 g/mol. The molecule has 14 atom stereocenters. The van der Waals surface area contributed by atoms with E-state index in [4.69, 9.17) is 37.6 Å². The van der Waals surface area contributed by atoms with Crippen LogP contribution in [-0.2, 0) is 44.5 Å². The Kier molecular flexibility index (Phi) is 15.5. The van der Waals surface area contributed by atoms with Crippen molar-refractivity contribution in [2.45, 2.75) is 141 Å². The average Bonchev–Trinajstić information content (AvgIpc) is 3.90. The summed E-state index contributed by atoms with van der Waals surface area (Å²) in [6.07, 6.45) is 0.412.